The molecule has 1 unspecified atom stereocenters. The molecule has 0 bridgehead atoms. The van der Waals surface area contributed by atoms with Crippen LogP contribution in [0.4, 0.5) is 13.2 Å². The van der Waals surface area contributed by atoms with E-state index >= 15 is 0 Å². The molecule has 2 saturated heterocycles. The molecule has 3 rings (SSSR count). The third kappa shape index (κ3) is 3.19. The van der Waals surface area contributed by atoms with Gasteiger partial charge in [0.1, 0.15) is 5.75 Å². The van der Waals surface area contributed by atoms with E-state index in [1.807, 2.05) is 0 Å². The predicted octanol–water partition coefficient (Wildman–Crippen LogP) is 2.41. The molecule has 1 amide bonds. The van der Waals surface area contributed by atoms with E-state index in [1.54, 1.807) is 4.90 Å². The minimum Gasteiger partial charge on any atom is -0.406 e. The first kappa shape index (κ1) is 15.1. The molecule has 2 heterocycles. The first-order valence-electron chi connectivity index (χ1n) is 7.23. The van der Waals surface area contributed by atoms with E-state index in [4.69, 9.17) is 0 Å². The fourth-order valence-electron chi connectivity index (χ4n) is 3.23. The van der Waals surface area contributed by atoms with Gasteiger partial charge in [0.05, 0.1) is 0 Å². The molecule has 2 aliphatic rings. The van der Waals surface area contributed by atoms with Crippen LogP contribution in [0.25, 0.3) is 0 Å². The topological polar surface area (TPSA) is 41.6 Å². The number of hydrogen-bond donors (Lipinski definition) is 1. The molecule has 1 aromatic rings. The average Bonchev–Trinajstić information content (AvgIpc) is 3.08. The van der Waals surface area contributed by atoms with Crippen molar-refractivity contribution in [1.29, 1.82) is 0 Å². The number of likely N-dealkylation sites (tertiary alicyclic amines) is 1. The van der Waals surface area contributed by atoms with Crippen molar-refractivity contribution in [3.63, 3.8) is 0 Å². The molecule has 2 aliphatic heterocycles. The van der Waals surface area contributed by atoms with Crippen LogP contribution < -0.4 is 10.1 Å². The minimum atomic E-state index is -4.72. The van der Waals surface area contributed by atoms with E-state index in [2.05, 4.69) is 10.1 Å². The minimum absolute atomic E-state index is 0.137. The van der Waals surface area contributed by atoms with Gasteiger partial charge >= 0.3 is 6.36 Å². The number of amides is 1. The molecule has 0 saturated carbocycles. The van der Waals surface area contributed by atoms with Crippen molar-refractivity contribution >= 4 is 5.91 Å². The van der Waals surface area contributed by atoms with Gasteiger partial charge in [0.15, 0.2) is 0 Å². The predicted molar refractivity (Wildman–Crippen MR) is 73.6 cm³/mol. The lowest BCUT2D eigenvalue weighted by atomic mass is 9.86. The van der Waals surface area contributed by atoms with Gasteiger partial charge in [0.2, 0.25) is 0 Å². The molecule has 120 valence electrons. The zero-order valence-electron chi connectivity index (χ0n) is 11.9. The van der Waals surface area contributed by atoms with Crippen LogP contribution in [0.1, 0.15) is 23.2 Å². The van der Waals surface area contributed by atoms with Crippen molar-refractivity contribution in [2.24, 2.45) is 5.41 Å². The maximum Gasteiger partial charge on any atom is 0.573 e. The highest BCUT2D eigenvalue weighted by Gasteiger charge is 2.42. The smallest absolute Gasteiger partial charge is 0.406 e. The van der Waals surface area contributed by atoms with Crippen molar-refractivity contribution in [2.75, 3.05) is 26.2 Å². The average molecular weight is 314 g/mol. The highest BCUT2D eigenvalue weighted by atomic mass is 19.4. The summed E-state index contributed by atoms with van der Waals surface area (Å²) in [6, 6.07) is 5.09. The van der Waals surface area contributed by atoms with E-state index in [0.717, 1.165) is 25.9 Å². The summed E-state index contributed by atoms with van der Waals surface area (Å²) in [5, 5.41) is 3.32. The summed E-state index contributed by atoms with van der Waals surface area (Å²) in [4.78, 5) is 14.2. The lowest BCUT2D eigenvalue weighted by Gasteiger charge is -2.22. The quantitative estimate of drug-likeness (QED) is 0.911. The molecule has 1 spiro atoms. The van der Waals surface area contributed by atoms with Crippen molar-refractivity contribution in [3.05, 3.63) is 29.8 Å². The molecule has 0 aromatic heterocycles. The summed E-state index contributed by atoms with van der Waals surface area (Å²) in [7, 11) is 0. The summed E-state index contributed by atoms with van der Waals surface area (Å²) in [5.74, 6) is -0.454. The number of rotatable bonds is 2. The van der Waals surface area contributed by atoms with Gasteiger partial charge in [-0.05, 0) is 43.7 Å². The third-order valence-electron chi connectivity index (χ3n) is 4.39. The molecule has 2 fully saturated rings. The standard InChI is InChI=1S/C15H17F3N2O2/c16-15(17,18)22-12-3-1-11(2-4-12)13(21)20-8-6-14(10-20)5-7-19-9-14/h1-4,19H,5-10H2. The van der Waals surface area contributed by atoms with E-state index in [1.165, 1.54) is 24.3 Å². The fraction of sp³-hybridized carbons (Fsp3) is 0.533. The Morgan fingerprint density at radius 2 is 1.95 bits per heavy atom. The lowest BCUT2D eigenvalue weighted by Crippen LogP contribution is -2.33. The molecular weight excluding hydrogens is 297 g/mol. The van der Waals surface area contributed by atoms with Crippen LogP contribution in [0, 0.1) is 5.41 Å². The van der Waals surface area contributed by atoms with Gasteiger partial charge < -0.3 is 15.0 Å². The van der Waals surface area contributed by atoms with Crippen LogP contribution in [0.5, 0.6) is 5.75 Å². The van der Waals surface area contributed by atoms with Crippen molar-refractivity contribution in [3.8, 4) is 5.75 Å². The van der Waals surface area contributed by atoms with Gasteiger partial charge in [-0.3, -0.25) is 4.79 Å². The molecule has 22 heavy (non-hydrogen) atoms. The maximum absolute atomic E-state index is 12.4. The number of nitrogens with one attached hydrogen (secondary N) is 1. The Morgan fingerprint density at radius 1 is 1.23 bits per heavy atom. The van der Waals surface area contributed by atoms with Gasteiger partial charge in [-0.2, -0.15) is 0 Å². The maximum atomic E-state index is 12.4. The van der Waals surface area contributed by atoms with E-state index in [-0.39, 0.29) is 17.1 Å². The zero-order valence-corrected chi connectivity index (χ0v) is 11.9. The Morgan fingerprint density at radius 3 is 2.55 bits per heavy atom. The summed E-state index contributed by atoms with van der Waals surface area (Å²) < 4.78 is 40.1. The van der Waals surface area contributed by atoms with Gasteiger partial charge in [-0.15, -0.1) is 13.2 Å². The second-order valence-electron chi connectivity index (χ2n) is 5.98. The number of hydrogen-bond acceptors (Lipinski definition) is 3. The Hall–Kier alpha value is -1.76. The van der Waals surface area contributed by atoms with E-state index in [9.17, 15) is 18.0 Å². The van der Waals surface area contributed by atoms with Crippen LogP contribution in [0.2, 0.25) is 0 Å². The number of carbonyl (C=O) groups excluding carboxylic acids is 1. The molecule has 1 N–H and O–H groups in total. The van der Waals surface area contributed by atoms with Crippen LogP contribution in [0.15, 0.2) is 24.3 Å². The van der Waals surface area contributed by atoms with Crippen LogP contribution in [-0.2, 0) is 0 Å². The first-order valence-corrected chi connectivity index (χ1v) is 7.23. The number of carbonyl (C=O) groups is 1. The molecule has 0 aliphatic carbocycles. The number of benzene rings is 1. The molecule has 0 radical (unpaired) electrons. The number of ether oxygens (including phenoxy) is 1. The summed E-state index contributed by atoms with van der Waals surface area (Å²) in [6.45, 7) is 3.31. The monoisotopic (exact) mass is 314 g/mol. The fourth-order valence-corrected chi connectivity index (χ4v) is 3.23. The van der Waals surface area contributed by atoms with Crippen molar-refractivity contribution in [1.82, 2.24) is 10.2 Å². The van der Waals surface area contributed by atoms with Crippen molar-refractivity contribution < 1.29 is 22.7 Å². The van der Waals surface area contributed by atoms with E-state index < -0.39 is 6.36 Å². The number of nitrogens with zero attached hydrogens (tertiary/aromatic N) is 1. The Labute approximate surface area is 126 Å². The Balaban J connectivity index is 1.65. The Kier molecular flexibility index (Phi) is 3.76. The molecule has 4 nitrogen and oxygen atoms in total. The molecule has 1 aromatic carbocycles. The number of halogens is 3. The second-order valence-corrected chi connectivity index (χ2v) is 5.98. The molecule has 7 heteroatoms. The highest BCUT2D eigenvalue weighted by molar-refractivity contribution is 5.94. The van der Waals surface area contributed by atoms with Gasteiger partial charge in [0, 0.05) is 30.6 Å². The zero-order chi connectivity index (χ0) is 15.8. The normalized spacial score (nSPS) is 25.0. The highest BCUT2D eigenvalue weighted by Crippen LogP contribution is 2.36. The second kappa shape index (κ2) is 5.46. The third-order valence-corrected chi connectivity index (χ3v) is 4.39. The Bertz CT molecular complexity index is 551. The van der Waals surface area contributed by atoms with E-state index in [0.29, 0.717) is 18.7 Å². The summed E-state index contributed by atoms with van der Waals surface area (Å²) >= 11 is 0. The van der Waals surface area contributed by atoms with Crippen LogP contribution >= 0.6 is 0 Å². The van der Waals surface area contributed by atoms with Crippen LogP contribution in [-0.4, -0.2) is 43.3 Å². The number of alkyl halides is 3. The SMILES string of the molecule is O=C(c1ccc(OC(F)(F)F)cc1)N1CCC2(CCNC2)C1. The summed E-state index contributed by atoms with van der Waals surface area (Å²) in [6.07, 6.45) is -2.68. The van der Waals surface area contributed by atoms with Gasteiger partial charge in [-0.1, -0.05) is 0 Å². The molecular formula is C15H17F3N2O2. The largest absolute Gasteiger partial charge is 0.573 e. The van der Waals surface area contributed by atoms with Crippen molar-refractivity contribution in [2.45, 2.75) is 19.2 Å². The van der Waals surface area contributed by atoms with Crippen LogP contribution in [0.3, 0.4) is 0 Å². The lowest BCUT2D eigenvalue weighted by molar-refractivity contribution is -0.274. The van der Waals surface area contributed by atoms with Gasteiger partial charge in [-0.25, -0.2) is 0 Å². The first-order chi connectivity index (χ1) is 10.4. The summed E-state index contributed by atoms with van der Waals surface area (Å²) in [5.41, 5.74) is 0.562. The molecule has 1 atom stereocenters. The van der Waals surface area contributed by atoms with Gasteiger partial charge in [0.25, 0.3) is 5.91 Å².